The molecule has 2 fully saturated rings. The summed E-state index contributed by atoms with van der Waals surface area (Å²) >= 11 is 0.967. The molecule has 2 aliphatic rings. The molecule has 15 nitrogen and oxygen atoms in total. The number of ether oxygens (including phenoxy) is 2. The molecular weight excluding hydrogens is 574 g/mol. The molecule has 5 unspecified atom stereocenters. The summed E-state index contributed by atoms with van der Waals surface area (Å²) in [4.78, 5) is 46.5. The Balaban J connectivity index is 1.32. The quantitative estimate of drug-likeness (QED) is 0.263. The maximum Gasteiger partial charge on any atom is 0.475 e. The first-order chi connectivity index (χ1) is 18.8. The highest BCUT2D eigenvalue weighted by Crippen LogP contribution is 2.59. The first-order valence-electron chi connectivity index (χ1n) is 12.5. The monoisotopic (exact) mass is 606 g/mol. The van der Waals surface area contributed by atoms with Crippen LogP contribution in [0.4, 0.5) is 15.1 Å². The van der Waals surface area contributed by atoms with E-state index in [4.69, 9.17) is 28.8 Å². The van der Waals surface area contributed by atoms with Crippen molar-refractivity contribution < 1.29 is 41.6 Å². The van der Waals surface area contributed by atoms with E-state index in [1.807, 2.05) is 0 Å². The summed E-state index contributed by atoms with van der Waals surface area (Å²) in [6, 6.07) is 0. The zero-order valence-electron chi connectivity index (χ0n) is 22.4. The van der Waals surface area contributed by atoms with E-state index in [1.165, 1.54) is 17.8 Å². The molecule has 1 amide bonds. The number of thioether (sulfide) groups is 1. The molecule has 40 heavy (non-hydrogen) atoms. The normalized spacial score (nSPS) is 28.4. The fourth-order valence-electron chi connectivity index (χ4n) is 4.27. The molecule has 5 atom stereocenters. The Kier molecular flexibility index (Phi) is 8.92. The molecule has 2 saturated heterocycles. The lowest BCUT2D eigenvalue weighted by Crippen LogP contribution is -2.44. The molecule has 222 valence electrons. The molecule has 18 heteroatoms. The third kappa shape index (κ3) is 6.34. The fourth-order valence-corrected chi connectivity index (χ4v) is 6.69. The van der Waals surface area contributed by atoms with E-state index >= 15 is 4.39 Å². The average molecular weight is 607 g/mol. The van der Waals surface area contributed by atoms with Crippen LogP contribution in [0.15, 0.2) is 11.1 Å². The molecule has 2 aromatic heterocycles. The van der Waals surface area contributed by atoms with E-state index < -0.39 is 49.0 Å². The third-order valence-electron chi connectivity index (χ3n) is 6.44. The molecule has 0 saturated carbocycles. The van der Waals surface area contributed by atoms with Crippen LogP contribution in [0.25, 0.3) is 11.2 Å². The highest BCUT2D eigenvalue weighted by Gasteiger charge is 2.61. The van der Waals surface area contributed by atoms with Crippen molar-refractivity contribution in [2.75, 3.05) is 37.9 Å². The lowest BCUT2D eigenvalue weighted by atomic mass is 9.91. The van der Waals surface area contributed by atoms with E-state index in [0.717, 1.165) is 11.8 Å². The number of alkyl carbamates (subject to hydrolysis) is 1. The summed E-state index contributed by atoms with van der Waals surface area (Å²) in [6.45, 7) is 6.43. The summed E-state index contributed by atoms with van der Waals surface area (Å²) in [7, 11) is -4.19. The highest BCUT2D eigenvalue weighted by molar-refractivity contribution is 8.13. The van der Waals surface area contributed by atoms with Gasteiger partial charge in [0, 0.05) is 17.7 Å². The van der Waals surface area contributed by atoms with Crippen LogP contribution in [0.1, 0.15) is 40.3 Å². The van der Waals surface area contributed by atoms with Crippen LogP contribution < -0.4 is 16.6 Å². The van der Waals surface area contributed by atoms with Crippen LogP contribution in [-0.2, 0) is 32.4 Å². The zero-order valence-corrected chi connectivity index (χ0v) is 24.1. The first-order valence-corrected chi connectivity index (χ1v) is 14.9. The zero-order chi connectivity index (χ0) is 29.3. The minimum atomic E-state index is -4.19. The number of H-pyrrole nitrogens is 1. The van der Waals surface area contributed by atoms with Gasteiger partial charge in [-0.2, -0.15) is 4.98 Å². The Morgan fingerprint density at radius 2 is 2.20 bits per heavy atom. The first kappa shape index (κ1) is 30.4. The average Bonchev–Trinajstić information content (AvgIpc) is 3.39. The number of anilines is 1. The van der Waals surface area contributed by atoms with Crippen LogP contribution in [-0.4, -0.2) is 80.7 Å². The van der Waals surface area contributed by atoms with Gasteiger partial charge in [0.25, 0.3) is 5.56 Å². The maximum atomic E-state index is 16.1. The number of fused-ring (bicyclic) bond motifs is 2. The number of hydrogen-bond acceptors (Lipinski definition) is 13. The van der Waals surface area contributed by atoms with Crippen LogP contribution >= 0.6 is 19.6 Å². The minimum Gasteiger partial charge on any atom is -0.450 e. The van der Waals surface area contributed by atoms with Crippen molar-refractivity contribution in [3.8, 4) is 0 Å². The van der Waals surface area contributed by atoms with Crippen molar-refractivity contribution in [2.24, 2.45) is 5.41 Å². The van der Waals surface area contributed by atoms with Crippen LogP contribution in [0, 0.1) is 5.41 Å². The Bertz CT molecular complexity index is 1370. The van der Waals surface area contributed by atoms with E-state index in [2.05, 4.69) is 20.3 Å². The number of rotatable bonds is 10. The number of alkyl halides is 1. The number of hydrogen-bond donors (Lipinski definition) is 3. The van der Waals surface area contributed by atoms with Gasteiger partial charge >= 0.3 is 13.9 Å². The third-order valence-corrected chi connectivity index (χ3v) is 9.07. The Hall–Kier alpha value is -2.56. The van der Waals surface area contributed by atoms with Gasteiger partial charge in [-0.3, -0.25) is 32.7 Å². The van der Waals surface area contributed by atoms with E-state index in [1.54, 1.807) is 20.8 Å². The molecule has 0 aromatic carbocycles. The van der Waals surface area contributed by atoms with Gasteiger partial charge in [0.1, 0.15) is 12.2 Å². The number of nitrogens with one attached hydrogen (secondary N) is 2. The molecule has 4 rings (SSSR count). The summed E-state index contributed by atoms with van der Waals surface area (Å²) in [6.07, 6.45) is -2.59. The number of aromatic nitrogens is 4. The Morgan fingerprint density at radius 3 is 2.92 bits per heavy atom. The van der Waals surface area contributed by atoms with E-state index in [0.29, 0.717) is 6.42 Å². The van der Waals surface area contributed by atoms with Gasteiger partial charge in [-0.25, -0.2) is 18.7 Å². The summed E-state index contributed by atoms with van der Waals surface area (Å²) in [5.74, 6) is -0.0478. The lowest BCUT2D eigenvalue weighted by Gasteiger charge is -2.33. The Labute approximate surface area is 232 Å². The van der Waals surface area contributed by atoms with Gasteiger partial charge in [0.05, 0.1) is 26.1 Å². The van der Waals surface area contributed by atoms with Crippen LogP contribution in [0.5, 0.6) is 0 Å². The number of nitrogen functional groups attached to an aromatic ring is 1. The largest absolute Gasteiger partial charge is 0.475 e. The number of carbonyl (C=O) groups excluding carboxylic acids is 2. The fraction of sp³-hybridized carbons (Fsp3) is 0.682. The molecular formula is C22H32FN6O9PS. The number of aromatic amines is 1. The molecule has 0 radical (unpaired) electrons. The molecule has 0 aliphatic carbocycles. The molecule has 0 bridgehead atoms. The van der Waals surface area contributed by atoms with Gasteiger partial charge in [-0.05, 0) is 20.3 Å². The molecule has 4 N–H and O–H groups in total. The second-order valence-electron chi connectivity index (χ2n) is 9.97. The second-order valence-corrected chi connectivity index (χ2v) is 12.7. The van der Waals surface area contributed by atoms with Crippen molar-refractivity contribution in [3.05, 3.63) is 16.7 Å². The summed E-state index contributed by atoms with van der Waals surface area (Å²) in [5, 5.41) is 2.42. The number of amides is 1. The van der Waals surface area contributed by atoms with Crippen molar-refractivity contribution >= 4 is 47.9 Å². The standard InChI is InChI=1S/C22H32FN6O9PS/c1-5-34-20(32)25-7-6-21(2,3)18(31)40-9-8-35-39(33)36-10-12-14(38-39)22(4,23)17(37-12)29-11-26-13-15(29)27-19(24)28-16(13)30/h11-12,14,17H,5-10H2,1-4H3,(H,25,32)(H3,24,27,28,30). The summed E-state index contributed by atoms with van der Waals surface area (Å²) in [5.41, 5.74) is 1.98. The highest BCUT2D eigenvalue weighted by atomic mass is 32.2. The predicted molar refractivity (Wildman–Crippen MR) is 141 cm³/mol. The van der Waals surface area contributed by atoms with E-state index in [9.17, 15) is 18.9 Å². The molecule has 0 spiro atoms. The Morgan fingerprint density at radius 1 is 1.45 bits per heavy atom. The molecule has 2 aromatic rings. The number of nitrogens with zero attached hydrogens (tertiary/aromatic N) is 3. The van der Waals surface area contributed by atoms with Crippen LogP contribution in [0.2, 0.25) is 0 Å². The maximum absolute atomic E-state index is 16.1. The smallest absolute Gasteiger partial charge is 0.450 e. The number of imidazole rings is 1. The van der Waals surface area contributed by atoms with Crippen molar-refractivity contribution in [1.29, 1.82) is 0 Å². The second kappa shape index (κ2) is 11.7. The predicted octanol–water partition coefficient (Wildman–Crippen LogP) is 2.29. The number of halogens is 1. The van der Waals surface area contributed by atoms with Gasteiger partial charge in [-0.15, -0.1) is 0 Å². The molecule has 2 aliphatic heterocycles. The van der Waals surface area contributed by atoms with E-state index in [-0.39, 0.29) is 54.3 Å². The van der Waals surface area contributed by atoms with Crippen molar-refractivity contribution in [1.82, 2.24) is 24.8 Å². The molecule has 4 heterocycles. The van der Waals surface area contributed by atoms with Gasteiger partial charge < -0.3 is 20.5 Å². The number of nitrogens with two attached hydrogens (primary N) is 1. The lowest BCUT2D eigenvalue weighted by molar-refractivity contribution is -0.118. The van der Waals surface area contributed by atoms with Gasteiger partial charge in [-0.1, -0.05) is 25.6 Å². The van der Waals surface area contributed by atoms with Crippen LogP contribution in [0.3, 0.4) is 0 Å². The van der Waals surface area contributed by atoms with Gasteiger partial charge in [0.15, 0.2) is 28.2 Å². The minimum absolute atomic E-state index is 0.00964. The topological polar surface area (TPSA) is 199 Å². The van der Waals surface area contributed by atoms with Gasteiger partial charge in [0.2, 0.25) is 5.95 Å². The number of phosphoric ester groups is 1. The number of phosphoric acid groups is 1. The SMILES string of the molecule is CCOC(=O)NCCC(C)(C)C(=O)SCCOP1(=O)OCC2OC(n3cnc4c(=O)[nH]c(N)nc43)C(C)(F)C2O1. The summed E-state index contributed by atoms with van der Waals surface area (Å²) < 4.78 is 57.2. The number of carbonyl (C=O) groups is 2. The van der Waals surface area contributed by atoms with Crippen molar-refractivity contribution in [3.63, 3.8) is 0 Å². The van der Waals surface area contributed by atoms with Crippen molar-refractivity contribution in [2.45, 2.75) is 58.2 Å².